The van der Waals surface area contributed by atoms with Gasteiger partial charge in [-0.05, 0) is 61.7 Å². The van der Waals surface area contributed by atoms with Gasteiger partial charge in [0.2, 0.25) is 0 Å². The Labute approximate surface area is 232 Å². The molecule has 8 atom stereocenters. The van der Waals surface area contributed by atoms with Crippen LogP contribution in [0.25, 0.3) is 0 Å². The van der Waals surface area contributed by atoms with E-state index in [9.17, 15) is 24.8 Å². The van der Waals surface area contributed by atoms with E-state index in [-0.39, 0.29) is 48.9 Å². The van der Waals surface area contributed by atoms with Gasteiger partial charge in [-0.3, -0.25) is 19.7 Å². The molecule has 4 aliphatic carbocycles. The fraction of sp³-hybridized carbons (Fsp3) is 0.586. The zero-order valence-electron chi connectivity index (χ0n) is 21.8. The number of hydrogen-bond donors (Lipinski definition) is 1. The number of nitrogens with zero attached hydrogens (tertiary/aromatic N) is 1. The molecule has 3 fully saturated rings. The Morgan fingerprint density at radius 2 is 1.97 bits per heavy atom. The predicted molar refractivity (Wildman–Crippen MR) is 144 cm³/mol. The van der Waals surface area contributed by atoms with E-state index in [1.54, 1.807) is 30.4 Å². The maximum absolute atomic E-state index is 13.5. The van der Waals surface area contributed by atoms with Crippen molar-refractivity contribution in [2.75, 3.05) is 6.61 Å². The summed E-state index contributed by atoms with van der Waals surface area (Å²) in [7, 11) is 0. The van der Waals surface area contributed by atoms with E-state index in [0.29, 0.717) is 24.8 Å². The number of nitro benzene ring substituents is 1. The number of nitro groups is 1. The molecule has 9 heteroatoms. The normalized spacial score (nSPS) is 41.6. The number of benzene rings is 1. The molecule has 7 nitrogen and oxygen atoms in total. The number of carbonyl (C=O) groups is 2. The Hall–Kier alpha value is -2.06. The smallest absolute Gasteiger partial charge is 0.274 e. The van der Waals surface area contributed by atoms with Crippen molar-refractivity contribution in [1.29, 1.82) is 0 Å². The minimum atomic E-state index is -1.65. The molecule has 1 N–H and O–H groups in total. The third-order valence-corrected chi connectivity index (χ3v) is 11.8. The molecule has 0 bridgehead atoms. The molecular formula is C29H33Cl2NO6. The molecule has 204 valence electrons. The summed E-state index contributed by atoms with van der Waals surface area (Å²) in [6.45, 7) is 5.62. The van der Waals surface area contributed by atoms with E-state index in [1.807, 2.05) is 13.0 Å². The average Bonchev–Trinajstić information content (AvgIpc) is 3.13. The van der Waals surface area contributed by atoms with Crippen molar-refractivity contribution >= 4 is 40.5 Å². The first-order valence-corrected chi connectivity index (χ1v) is 13.9. The maximum atomic E-state index is 13.5. The summed E-state index contributed by atoms with van der Waals surface area (Å²) in [5.41, 5.74) is -1.79. The Bertz CT molecular complexity index is 1260. The molecule has 4 aliphatic rings. The van der Waals surface area contributed by atoms with Crippen molar-refractivity contribution in [2.24, 2.45) is 28.6 Å². The Morgan fingerprint density at radius 1 is 1.26 bits per heavy atom. The van der Waals surface area contributed by atoms with Gasteiger partial charge in [-0.2, -0.15) is 0 Å². The van der Waals surface area contributed by atoms with Gasteiger partial charge in [0, 0.05) is 16.9 Å². The second-order valence-corrected chi connectivity index (χ2v) is 13.1. The van der Waals surface area contributed by atoms with Gasteiger partial charge in [-0.15, -0.1) is 23.2 Å². The summed E-state index contributed by atoms with van der Waals surface area (Å²) in [5, 5.41) is 22.7. The van der Waals surface area contributed by atoms with E-state index in [2.05, 4.69) is 13.8 Å². The quantitative estimate of drug-likeness (QED) is 0.277. The lowest BCUT2D eigenvalue weighted by Crippen LogP contribution is -2.68. The molecule has 0 heterocycles. The lowest BCUT2D eigenvalue weighted by molar-refractivity contribution is -0.385. The molecule has 0 spiro atoms. The number of para-hydroxylation sites is 1. The molecule has 5 rings (SSSR count). The van der Waals surface area contributed by atoms with Crippen LogP contribution in [-0.2, 0) is 20.9 Å². The summed E-state index contributed by atoms with van der Waals surface area (Å²) in [4.78, 5) is 35.7. The summed E-state index contributed by atoms with van der Waals surface area (Å²) in [5.74, 6) is -0.505. The van der Waals surface area contributed by atoms with E-state index >= 15 is 0 Å². The summed E-state index contributed by atoms with van der Waals surface area (Å²) >= 11 is 14.7. The van der Waals surface area contributed by atoms with Crippen LogP contribution in [0.1, 0.15) is 52.0 Å². The van der Waals surface area contributed by atoms with Crippen LogP contribution in [0.3, 0.4) is 0 Å². The molecule has 1 aromatic rings. The molecule has 0 saturated heterocycles. The third kappa shape index (κ3) is 3.69. The molecule has 0 aromatic heterocycles. The number of fused-ring (bicyclic) bond motifs is 5. The number of ketones is 2. The van der Waals surface area contributed by atoms with Crippen LogP contribution in [-0.4, -0.2) is 44.1 Å². The monoisotopic (exact) mass is 561 g/mol. The number of halogens is 2. The van der Waals surface area contributed by atoms with Crippen LogP contribution in [0.2, 0.25) is 0 Å². The van der Waals surface area contributed by atoms with Crippen LogP contribution < -0.4 is 0 Å². The van der Waals surface area contributed by atoms with E-state index in [0.717, 1.165) is 5.57 Å². The van der Waals surface area contributed by atoms with Crippen LogP contribution in [0.15, 0.2) is 48.1 Å². The topological polar surface area (TPSA) is 107 Å². The molecule has 0 amide bonds. The molecule has 0 aliphatic heterocycles. The number of carbonyl (C=O) groups excluding carboxylic acids is 2. The fourth-order valence-electron chi connectivity index (χ4n) is 8.18. The number of alkyl halides is 2. The number of Topliss-reactive ketones (excluding diaryl/α,β-unsaturated/α-hetero) is 1. The second-order valence-electron chi connectivity index (χ2n) is 11.9. The highest BCUT2D eigenvalue weighted by Crippen LogP contribution is 2.72. The van der Waals surface area contributed by atoms with Gasteiger partial charge in [-0.1, -0.05) is 44.6 Å². The highest BCUT2D eigenvalue weighted by Gasteiger charge is 2.73. The third-order valence-electron chi connectivity index (χ3n) is 10.2. The highest BCUT2D eigenvalue weighted by atomic mass is 35.5. The van der Waals surface area contributed by atoms with Gasteiger partial charge >= 0.3 is 0 Å². The van der Waals surface area contributed by atoms with Crippen LogP contribution in [0.5, 0.6) is 0 Å². The molecule has 0 unspecified atom stereocenters. The van der Waals surface area contributed by atoms with Crippen LogP contribution in [0.4, 0.5) is 5.69 Å². The molecule has 3 saturated carbocycles. The van der Waals surface area contributed by atoms with Crippen LogP contribution in [0, 0.1) is 38.7 Å². The lowest BCUT2D eigenvalue weighted by atomic mass is 9.45. The van der Waals surface area contributed by atoms with E-state index in [4.69, 9.17) is 27.9 Å². The van der Waals surface area contributed by atoms with Gasteiger partial charge in [-0.25, -0.2) is 0 Å². The van der Waals surface area contributed by atoms with Crippen molar-refractivity contribution in [3.05, 3.63) is 63.7 Å². The standard InChI is InChI=1S/C29H33Cl2NO6/c1-17-12-22-20-9-11-28(35,25(34)16-38-15-18-6-4-5-7-23(18)32(36)37)27(20,3)14-24(30)29(22,31)26(2)10-8-19(33)13-21(17)26/h4-8,10,13,17,20,22,24,35H,9,11-12,14-16H2,1-3H3/t17-,20-,22-,24-,26-,27-,28-,29-/m0/s1. The first-order valence-electron chi connectivity index (χ1n) is 13.1. The van der Waals surface area contributed by atoms with Gasteiger partial charge in [0.15, 0.2) is 11.6 Å². The summed E-state index contributed by atoms with van der Waals surface area (Å²) < 4.78 is 5.62. The molecule has 38 heavy (non-hydrogen) atoms. The van der Waals surface area contributed by atoms with E-state index < -0.39 is 37.4 Å². The van der Waals surface area contributed by atoms with Crippen molar-refractivity contribution in [3.63, 3.8) is 0 Å². The van der Waals surface area contributed by atoms with Crippen molar-refractivity contribution < 1.29 is 24.4 Å². The minimum Gasteiger partial charge on any atom is -0.381 e. The van der Waals surface area contributed by atoms with Gasteiger partial charge in [0.25, 0.3) is 5.69 Å². The van der Waals surface area contributed by atoms with E-state index in [1.165, 1.54) is 6.07 Å². The SMILES string of the molecule is C[C@H]1C[C@H]2[C@@H]3CC[C@](O)(C(=O)COCc4ccccc4[N+](=O)[O-])[C@@]3(C)C[C@H](Cl)[C@]2(Cl)[C@@]2(C)C=CC(=O)C=C12. The van der Waals surface area contributed by atoms with Crippen molar-refractivity contribution in [3.8, 4) is 0 Å². The number of ether oxygens (including phenoxy) is 1. The number of allylic oxidation sites excluding steroid dienone is 4. The van der Waals surface area contributed by atoms with Crippen molar-refractivity contribution in [2.45, 2.75) is 68.9 Å². The predicted octanol–water partition coefficient (Wildman–Crippen LogP) is 5.54. The Morgan fingerprint density at radius 3 is 2.68 bits per heavy atom. The van der Waals surface area contributed by atoms with Crippen molar-refractivity contribution in [1.82, 2.24) is 0 Å². The van der Waals surface area contributed by atoms with Crippen LogP contribution >= 0.6 is 23.2 Å². The first kappa shape index (κ1) is 27.5. The highest BCUT2D eigenvalue weighted by molar-refractivity contribution is 6.34. The molecule has 0 radical (unpaired) electrons. The van der Waals surface area contributed by atoms with Gasteiger partial charge in [0.1, 0.15) is 12.2 Å². The Balaban J connectivity index is 1.39. The number of aliphatic hydroxyl groups is 1. The van der Waals surface area contributed by atoms with Gasteiger partial charge < -0.3 is 9.84 Å². The number of rotatable bonds is 6. The summed E-state index contributed by atoms with van der Waals surface area (Å²) in [6, 6.07) is 6.23. The zero-order valence-corrected chi connectivity index (χ0v) is 23.3. The maximum Gasteiger partial charge on any atom is 0.274 e. The largest absolute Gasteiger partial charge is 0.381 e. The summed E-state index contributed by atoms with van der Waals surface area (Å²) in [6.07, 6.45) is 7.13. The fourth-order valence-corrected chi connectivity index (χ4v) is 9.38. The molecular weight excluding hydrogens is 529 g/mol. The first-order chi connectivity index (χ1) is 17.8. The minimum absolute atomic E-state index is 0.0449. The molecule has 1 aromatic carbocycles. The number of hydrogen-bond acceptors (Lipinski definition) is 6. The lowest BCUT2D eigenvalue weighted by Gasteiger charge is -2.65. The second kappa shape index (κ2) is 9.26. The zero-order chi connectivity index (χ0) is 27.7. The van der Waals surface area contributed by atoms with Gasteiger partial charge in [0.05, 0.1) is 27.3 Å². The average molecular weight is 562 g/mol. The Kier molecular flexibility index (Phi) is 6.70.